The molecule has 0 spiro atoms. The molecule has 0 atom stereocenters. The van der Waals surface area contributed by atoms with Gasteiger partial charge in [-0.05, 0) is 36.4 Å². The fourth-order valence-corrected chi connectivity index (χ4v) is 3.14. The van der Waals surface area contributed by atoms with Crippen LogP contribution in [0.1, 0.15) is 26.5 Å². The van der Waals surface area contributed by atoms with Gasteiger partial charge in [-0.3, -0.25) is 9.59 Å². The summed E-state index contributed by atoms with van der Waals surface area (Å²) in [7, 11) is 1.57. The van der Waals surface area contributed by atoms with E-state index in [1.54, 1.807) is 48.1 Å². The summed E-state index contributed by atoms with van der Waals surface area (Å²) in [5.41, 5.74) is 2.52. The van der Waals surface area contributed by atoms with Gasteiger partial charge in [-0.1, -0.05) is 42.5 Å². The number of para-hydroxylation sites is 2. The highest BCUT2D eigenvalue weighted by molar-refractivity contribution is 6.09. The number of rotatable bonds is 6. The van der Waals surface area contributed by atoms with E-state index in [2.05, 4.69) is 4.98 Å². The molecule has 0 bridgehead atoms. The van der Waals surface area contributed by atoms with Crippen molar-refractivity contribution in [3.63, 3.8) is 0 Å². The molecule has 0 unspecified atom stereocenters. The van der Waals surface area contributed by atoms with Gasteiger partial charge in [-0.25, -0.2) is 4.98 Å². The van der Waals surface area contributed by atoms with Crippen molar-refractivity contribution in [3.05, 3.63) is 95.8 Å². The van der Waals surface area contributed by atoms with Gasteiger partial charge in [0, 0.05) is 11.1 Å². The summed E-state index contributed by atoms with van der Waals surface area (Å²) in [5, 5.41) is 0. The van der Waals surface area contributed by atoms with Crippen LogP contribution in [0.3, 0.4) is 0 Å². The van der Waals surface area contributed by atoms with Crippen molar-refractivity contribution >= 4 is 22.6 Å². The fourth-order valence-electron chi connectivity index (χ4n) is 3.14. The van der Waals surface area contributed by atoms with Crippen molar-refractivity contribution in [2.75, 3.05) is 7.11 Å². The molecule has 1 aromatic heterocycles. The van der Waals surface area contributed by atoms with Crippen molar-refractivity contribution in [2.45, 2.75) is 6.54 Å². The third-order valence-corrected chi connectivity index (χ3v) is 4.61. The SMILES string of the molecule is COc1ccc(C(=O)c2nc3ccccc3n2CC(=O)c2ccccc2)cc1. The molecule has 0 N–H and O–H groups in total. The second-order valence-electron chi connectivity index (χ2n) is 6.36. The minimum atomic E-state index is -0.236. The molecule has 5 nitrogen and oxygen atoms in total. The largest absolute Gasteiger partial charge is 0.497 e. The predicted octanol–water partition coefficient (Wildman–Crippen LogP) is 4.16. The molecule has 138 valence electrons. The van der Waals surface area contributed by atoms with E-state index in [-0.39, 0.29) is 23.9 Å². The van der Waals surface area contributed by atoms with Crippen molar-refractivity contribution < 1.29 is 14.3 Å². The normalized spacial score (nSPS) is 10.8. The van der Waals surface area contributed by atoms with Crippen LogP contribution in [0.5, 0.6) is 5.75 Å². The van der Waals surface area contributed by atoms with E-state index in [1.165, 1.54) is 0 Å². The van der Waals surface area contributed by atoms with Gasteiger partial charge in [0.1, 0.15) is 5.75 Å². The first-order valence-electron chi connectivity index (χ1n) is 8.89. The number of carbonyl (C=O) groups excluding carboxylic acids is 2. The van der Waals surface area contributed by atoms with Crippen LogP contribution in [0.15, 0.2) is 78.9 Å². The maximum Gasteiger partial charge on any atom is 0.228 e. The van der Waals surface area contributed by atoms with E-state index in [0.717, 1.165) is 5.52 Å². The molecule has 4 rings (SSSR count). The lowest BCUT2D eigenvalue weighted by Gasteiger charge is -2.09. The topological polar surface area (TPSA) is 61.2 Å². The molecule has 0 saturated carbocycles. The maximum absolute atomic E-state index is 13.1. The number of carbonyl (C=O) groups is 2. The van der Waals surface area contributed by atoms with Crippen LogP contribution in [0, 0.1) is 0 Å². The van der Waals surface area contributed by atoms with Crippen LogP contribution in [0.25, 0.3) is 11.0 Å². The fraction of sp³-hybridized carbons (Fsp3) is 0.0870. The van der Waals surface area contributed by atoms with Gasteiger partial charge in [0.2, 0.25) is 5.78 Å². The number of nitrogens with zero attached hydrogens (tertiary/aromatic N) is 2. The molecule has 0 fully saturated rings. The van der Waals surface area contributed by atoms with Crippen LogP contribution in [0.2, 0.25) is 0 Å². The first-order chi connectivity index (χ1) is 13.7. The predicted molar refractivity (Wildman–Crippen MR) is 107 cm³/mol. The molecule has 0 aliphatic heterocycles. The summed E-state index contributed by atoms with van der Waals surface area (Å²) in [4.78, 5) is 30.4. The van der Waals surface area contributed by atoms with Crippen LogP contribution < -0.4 is 4.74 Å². The molecular weight excluding hydrogens is 352 g/mol. The highest BCUT2D eigenvalue weighted by Crippen LogP contribution is 2.21. The zero-order chi connectivity index (χ0) is 19.5. The highest BCUT2D eigenvalue weighted by Gasteiger charge is 2.21. The minimum Gasteiger partial charge on any atom is -0.497 e. The number of hydrogen-bond acceptors (Lipinski definition) is 4. The summed E-state index contributed by atoms with van der Waals surface area (Å²) in [6, 6.07) is 23.3. The molecule has 0 amide bonds. The lowest BCUT2D eigenvalue weighted by Crippen LogP contribution is -2.17. The second kappa shape index (κ2) is 7.48. The van der Waals surface area contributed by atoms with Gasteiger partial charge in [0.15, 0.2) is 11.6 Å². The first-order valence-corrected chi connectivity index (χ1v) is 8.89. The second-order valence-corrected chi connectivity index (χ2v) is 6.36. The van der Waals surface area contributed by atoms with Crippen molar-refractivity contribution in [1.29, 1.82) is 0 Å². The quantitative estimate of drug-likeness (QED) is 0.478. The number of fused-ring (bicyclic) bond motifs is 1. The number of aromatic nitrogens is 2. The number of Topliss-reactive ketones (excluding diaryl/α,β-unsaturated/α-hetero) is 1. The van der Waals surface area contributed by atoms with Gasteiger partial charge in [-0.2, -0.15) is 0 Å². The average Bonchev–Trinajstić information content (AvgIpc) is 3.12. The van der Waals surface area contributed by atoms with Gasteiger partial charge < -0.3 is 9.30 Å². The molecule has 3 aromatic carbocycles. The minimum absolute atomic E-state index is 0.0434. The molecule has 4 aromatic rings. The van der Waals surface area contributed by atoms with Crippen LogP contribution in [0.4, 0.5) is 0 Å². The highest BCUT2D eigenvalue weighted by atomic mass is 16.5. The van der Waals surface area contributed by atoms with Crippen molar-refractivity contribution in [1.82, 2.24) is 9.55 Å². The third kappa shape index (κ3) is 3.30. The monoisotopic (exact) mass is 370 g/mol. The Balaban J connectivity index is 1.76. The van der Waals surface area contributed by atoms with E-state index < -0.39 is 0 Å². The molecule has 0 aliphatic carbocycles. The Labute approximate surface area is 162 Å². The smallest absolute Gasteiger partial charge is 0.228 e. The number of methoxy groups -OCH3 is 1. The van der Waals surface area contributed by atoms with Gasteiger partial charge >= 0.3 is 0 Å². The average molecular weight is 370 g/mol. The molecular formula is C23H18N2O3. The van der Waals surface area contributed by atoms with E-state index in [9.17, 15) is 9.59 Å². The van der Waals surface area contributed by atoms with Gasteiger partial charge in [-0.15, -0.1) is 0 Å². The summed E-state index contributed by atoms with van der Waals surface area (Å²) in [5.74, 6) is 0.604. The molecule has 5 heteroatoms. The Hall–Kier alpha value is -3.73. The summed E-state index contributed by atoms with van der Waals surface area (Å²) in [6.07, 6.45) is 0. The van der Waals surface area contributed by atoms with Crippen LogP contribution in [-0.2, 0) is 6.54 Å². The molecule has 0 radical (unpaired) electrons. The lowest BCUT2D eigenvalue weighted by atomic mass is 10.1. The van der Waals surface area contributed by atoms with E-state index in [4.69, 9.17) is 4.74 Å². The maximum atomic E-state index is 13.1. The zero-order valence-corrected chi connectivity index (χ0v) is 15.3. The number of hydrogen-bond donors (Lipinski definition) is 0. The van der Waals surface area contributed by atoms with Crippen LogP contribution in [-0.4, -0.2) is 28.2 Å². The molecule has 0 aliphatic rings. The van der Waals surface area contributed by atoms with E-state index in [1.807, 2.05) is 42.5 Å². The number of imidazole rings is 1. The zero-order valence-electron chi connectivity index (χ0n) is 15.3. The third-order valence-electron chi connectivity index (χ3n) is 4.61. The van der Waals surface area contributed by atoms with Crippen LogP contribution >= 0.6 is 0 Å². The molecule has 1 heterocycles. The lowest BCUT2D eigenvalue weighted by molar-refractivity contribution is 0.0968. The Morgan fingerprint density at radius 3 is 2.25 bits per heavy atom. The Bertz CT molecular complexity index is 1150. The summed E-state index contributed by atoms with van der Waals surface area (Å²) >= 11 is 0. The number of ketones is 2. The Kier molecular flexibility index (Phi) is 4.72. The number of benzene rings is 3. The summed E-state index contributed by atoms with van der Waals surface area (Å²) in [6.45, 7) is 0.0434. The molecule has 28 heavy (non-hydrogen) atoms. The molecule has 0 saturated heterocycles. The number of ether oxygens (including phenoxy) is 1. The van der Waals surface area contributed by atoms with E-state index >= 15 is 0 Å². The van der Waals surface area contributed by atoms with Gasteiger partial charge in [0.05, 0.1) is 24.7 Å². The Morgan fingerprint density at radius 1 is 0.857 bits per heavy atom. The van der Waals surface area contributed by atoms with Gasteiger partial charge in [0.25, 0.3) is 0 Å². The van der Waals surface area contributed by atoms with Crippen molar-refractivity contribution in [3.8, 4) is 5.75 Å². The first kappa shape index (κ1) is 17.7. The Morgan fingerprint density at radius 2 is 1.54 bits per heavy atom. The van der Waals surface area contributed by atoms with Crippen molar-refractivity contribution in [2.24, 2.45) is 0 Å². The standard InChI is InChI=1S/C23H18N2O3/c1-28-18-13-11-17(12-14-18)22(27)23-24-19-9-5-6-10-20(19)25(23)15-21(26)16-7-3-2-4-8-16/h2-14H,15H2,1H3. The van der Waals surface area contributed by atoms with E-state index in [0.29, 0.717) is 22.4 Å². The summed E-state index contributed by atoms with van der Waals surface area (Å²) < 4.78 is 6.84.